The minimum atomic E-state index is -0.970. The molecule has 120 valence electrons. The van der Waals surface area contributed by atoms with Gasteiger partial charge in [0.15, 0.2) is 0 Å². The topological polar surface area (TPSA) is 91.6 Å². The molecular weight excluding hydrogens is 340 g/mol. The van der Waals surface area contributed by atoms with Gasteiger partial charge in [-0.1, -0.05) is 29.0 Å². The average molecular weight is 352 g/mol. The molecule has 0 unspecified atom stereocenters. The number of pyridine rings is 1. The Morgan fingerprint density at radius 2 is 2.00 bits per heavy atom. The summed E-state index contributed by atoms with van der Waals surface area (Å²) < 4.78 is 9.72. The predicted molar refractivity (Wildman–Crippen MR) is 87.6 cm³/mol. The van der Waals surface area contributed by atoms with Crippen molar-refractivity contribution in [3.05, 3.63) is 58.8 Å². The van der Waals surface area contributed by atoms with Gasteiger partial charge < -0.3 is 9.47 Å². The Morgan fingerprint density at radius 1 is 1.22 bits per heavy atom. The first-order valence-corrected chi connectivity index (χ1v) is 8.77. The molecule has 0 N–H and O–H groups in total. The summed E-state index contributed by atoms with van der Waals surface area (Å²) in [7, 11) is 2.94. The van der Waals surface area contributed by atoms with Gasteiger partial charge in [0.05, 0.1) is 4.92 Å². The second kappa shape index (κ2) is 9.01. The molecule has 0 saturated heterocycles. The van der Waals surface area contributed by atoms with E-state index in [4.69, 9.17) is 9.47 Å². The smallest absolute Gasteiger partial charge is 0.433 e. The number of nitrogens with zero attached hydrogens (tertiary/aromatic N) is 2. The molecule has 1 heterocycles. The number of benzene rings is 1. The maximum Gasteiger partial charge on any atom is 0.514 e. The van der Waals surface area contributed by atoms with E-state index < -0.39 is 11.1 Å². The average Bonchev–Trinajstić information content (AvgIpc) is 2.56. The molecule has 2 rings (SSSR count). The van der Waals surface area contributed by atoms with Crippen LogP contribution in [0.5, 0.6) is 5.75 Å². The normalized spacial score (nSPS) is 10.1. The summed E-state index contributed by atoms with van der Waals surface area (Å²) in [6.45, 7) is 0.129. The van der Waals surface area contributed by atoms with E-state index in [2.05, 4.69) is 4.98 Å². The highest BCUT2D eigenvalue weighted by atomic mass is 33.1. The first kappa shape index (κ1) is 17.1. The van der Waals surface area contributed by atoms with Crippen LogP contribution in [0.15, 0.2) is 53.7 Å². The number of hydrogen-bond donors (Lipinski definition) is 0. The minimum Gasteiger partial charge on any atom is -0.433 e. The Bertz CT molecular complexity index is 669. The fourth-order valence-corrected chi connectivity index (χ4v) is 3.18. The number of rotatable bonds is 7. The van der Waals surface area contributed by atoms with Gasteiger partial charge in [-0.25, -0.2) is 9.78 Å². The monoisotopic (exact) mass is 352 g/mol. The lowest BCUT2D eigenvalue weighted by atomic mass is 10.3. The lowest BCUT2D eigenvalue weighted by Crippen LogP contribution is -2.13. The fourth-order valence-electron chi connectivity index (χ4n) is 1.47. The van der Waals surface area contributed by atoms with Gasteiger partial charge in [0.2, 0.25) is 5.75 Å². The highest BCUT2D eigenvalue weighted by molar-refractivity contribution is 8.76. The number of nitro groups is 1. The second-order valence-corrected chi connectivity index (χ2v) is 6.43. The number of ether oxygens (including phenoxy) is 2. The van der Waals surface area contributed by atoms with Crippen molar-refractivity contribution < 1.29 is 19.2 Å². The summed E-state index contributed by atoms with van der Waals surface area (Å²) in [5.41, 5.74) is -0.287. The number of hydrogen-bond acceptors (Lipinski definition) is 8. The van der Waals surface area contributed by atoms with E-state index in [1.807, 2.05) is 18.2 Å². The molecule has 0 amide bonds. The van der Waals surface area contributed by atoms with Gasteiger partial charge in [0.1, 0.15) is 11.6 Å². The van der Waals surface area contributed by atoms with E-state index in [1.165, 1.54) is 45.9 Å². The van der Waals surface area contributed by atoms with Gasteiger partial charge in [0, 0.05) is 18.0 Å². The highest BCUT2D eigenvalue weighted by Crippen LogP contribution is 2.29. The number of nitro benzene ring substituents is 1. The van der Waals surface area contributed by atoms with Crippen LogP contribution in [-0.4, -0.2) is 28.4 Å². The number of para-hydroxylation sites is 2. The van der Waals surface area contributed by atoms with Crippen LogP contribution in [0.1, 0.15) is 0 Å². The molecule has 0 atom stereocenters. The molecule has 1 aromatic heterocycles. The Hall–Kier alpha value is -2.26. The second-order valence-electron chi connectivity index (χ2n) is 4.00. The maximum atomic E-state index is 11.5. The summed E-state index contributed by atoms with van der Waals surface area (Å²) in [6, 6.07) is 11.2. The van der Waals surface area contributed by atoms with Gasteiger partial charge in [-0.05, 0) is 29.0 Å². The van der Waals surface area contributed by atoms with E-state index in [0.29, 0.717) is 5.75 Å². The molecule has 7 nitrogen and oxygen atoms in total. The van der Waals surface area contributed by atoms with Gasteiger partial charge in [-0.2, -0.15) is 0 Å². The molecule has 0 aliphatic carbocycles. The molecule has 1 aromatic carbocycles. The molecule has 0 spiro atoms. The third-order valence-corrected chi connectivity index (χ3v) is 4.65. The molecule has 9 heteroatoms. The Kier molecular flexibility index (Phi) is 6.70. The van der Waals surface area contributed by atoms with Gasteiger partial charge in [-0.3, -0.25) is 10.1 Å². The van der Waals surface area contributed by atoms with Crippen molar-refractivity contribution in [2.75, 3.05) is 12.4 Å². The third kappa shape index (κ3) is 5.80. The summed E-state index contributed by atoms with van der Waals surface area (Å²) in [5.74, 6) is 0.394. The number of aromatic nitrogens is 1. The van der Waals surface area contributed by atoms with E-state index in [1.54, 1.807) is 6.20 Å². The molecular formula is C14H12N2O5S2. The van der Waals surface area contributed by atoms with Crippen molar-refractivity contribution in [1.82, 2.24) is 4.98 Å². The summed E-state index contributed by atoms with van der Waals surface area (Å²) >= 11 is 0. The van der Waals surface area contributed by atoms with Crippen LogP contribution in [0.25, 0.3) is 0 Å². The molecule has 0 saturated carbocycles. The maximum absolute atomic E-state index is 11.5. The van der Waals surface area contributed by atoms with Gasteiger partial charge in [0.25, 0.3) is 0 Å². The fraction of sp³-hybridized carbons (Fsp3) is 0.143. The van der Waals surface area contributed by atoms with Gasteiger partial charge >= 0.3 is 11.8 Å². The van der Waals surface area contributed by atoms with Crippen LogP contribution in [0.4, 0.5) is 10.5 Å². The lowest BCUT2D eigenvalue weighted by Gasteiger charge is -2.05. The van der Waals surface area contributed by atoms with Crippen molar-refractivity contribution in [1.29, 1.82) is 0 Å². The van der Waals surface area contributed by atoms with E-state index >= 15 is 0 Å². The first-order valence-electron chi connectivity index (χ1n) is 6.45. The van der Waals surface area contributed by atoms with Gasteiger partial charge in [-0.15, -0.1) is 0 Å². The summed E-state index contributed by atoms with van der Waals surface area (Å²) in [6.07, 6.45) is 0.728. The van der Waals surface area contributed by atoms with Crippen molar-refractivity contribution in [3.63, 3.8) is 0 Å². The zero-order chi connectivity index (χ0) is 16.5. The lowest BCUT2D eigenvalue weighted by molar-refractivity contribution is -0.385. The Morgan fingerprint density at radius 3 is 2.74 bits per heavy atom. The Balaban J connectivity index is 1.70. The zero-order valence-corrected chi connectivity index (χ0v) is 13.4. The largest absolute Gasteiger partial charge is 0.514 e. The quantitative estimate of drug-likeness (QED) is 0.185. The minimum absolute atomic E-state index is 0.129. The molecule has 0 bridgehead atoms. The van der Waals surface area contributed by atoms with Crippen LogP contribution in [0, 0.1) is 10.1 Å². The van der Waals surface area contributed by atoms with Crippen LogP contribution in [0.2, 0.25) is 0 Å². The summed E-state index contributed by atoms with van der Waals surface area (Å²) in [5, 5.41) is 11.7. The van der Waals surface area contributed by atoms with Crippen molar-refractivity contribution in [3.8, 4) is 5.75 Å². The van der Waals surface area contributed by atoms with Crippen molar-refractivity contribution in [2.24, 2.45) is 0 Å². The summed E-state index contributed by atoms with van der Waals surface area (Å²) in [4.78, 5) is 25.8. The van der Waals surface area contributed by atoms with E-state index in [0.717, 1.165) is 5.03 Å². The molecule has 0 fully saturated rings. The SMILES string of the molecule is O=C(OCCSSc1ccccn1)Oc1ccccc1[N+](=O)[O-]. The number of carbonyl (C=O) groups excluding carboxylic acids is 1. The molecule has 0 radical (unpaired) electrons. The van der Waals surface area contributed by atoms with Crippen LogP contribution in [-0.2, 0) is 4.74 Å². The standard InChI is InChI=1S/C14H12N2O5S2/c17-14(21-12-6-2-1-5-11(12)16(18)19)20-9-10-22-23-13-7-3-4-8-15-13/h1-8H,9-10H2. The molecule has 23 heavy (non-hydrogen) atoms. The highest BCUT2D eigenvalue weighted by Gasteiger charge is 2.17. The molecule has 0 aliphatic heterocycles. The first-order chi connectivity index (χ1) is 11.2. The molecule has 0 aliphatic rings. The Labute approximate surface area is 139 Å². The zero-order valence-electron chi connectivity index (χ0n) is 11.8. The van der Waals surface area contributed by atoms with Crippen LogP contribution >= 0.6 is 21.6 Å². The van der Waals surface area contributed by atoms with E-state index in [-0.39, 0.29) is 18.0 Å². The van der Waals surface area contributed by atoms with Crippen LogP contribution in [0.3, 0.4) is 0 Å². The molecule has 2 aromatic rings. The van der Waals surface area contributed by atoms with Crippen molar-refractivity contribution >= 4 is 33.4 Å². The third-order valence-electron chi connectivity index (χ3n) is 2.42. The van der Waals surface area contributed by atoms with E-state index in [9.17, 15) is 14.9 Å². The van der Waals surface area contributed by atoms with Crippen LogP contribution < -0.4 is 4.74 Å². The van der Waals surface area contributed by atoms with Crippen molar-refractivity contribution in [2.45, 2.75) is 5.03 Å². The number of carbonyl (C=O) groups is 1. The predicted octanol–water partition coefficient (Wildman–Crippen LogP) is 3.95.